The van der Waals surface area contributed by atoms with Crippen LogP contribution in [0, 0.1) is 11.7 Å². The van der Waals surface area contributed by atoms with Gasteiger partial charge in [-0.3, -0.25) is 9.59 Å². The predicted molar refractivity (Wildman–Crippen MR) is 128 cm³/mol. The van der Waals surface area contributed by atoms with Crippen LogP contribution in [0.5, 0.6) is 0 Å². The summed E-state index contributed by atoms with van der Waals surface area (Å²) in [5.41, 5.74) is 1.57. The number of halogens is 1. The van der Waals surface area contributed by atoms with Crippen LogP contribution >= 0.6 is 0 Å². The SMILES string of the molecule is CN(C)c1nc2cc(F)ccc2cc1CN(CCCN1CCCC1=O)C(=O)C1CCCCC1. The molecule has 0 atom stereocenters. The highest BCUT2D eigenvalue weighted by Crippen LogP contribution is 2.29. The van der Waals surface area contributed by atoms with Crippen LogP contribution in [0.25, 0.3) is 10.9 Å². The van der Waals surface area contributed by atoms with Crippen molar-refractivity contribution in [1.82, 2.24) is 14.8 Å². The fourth-order valence-corrected chi connectivity index (χ4v) is 5.15. The first-order valence-corrected chi connectivity index (χ1v) is 12.3. The van der Waals surface area contributed by atoms with Crippen molar-refractivity contribution >= 4 is 28.5 Å². The van der Waals surface area contributed by atoms with Crippen molar-refractivity contribution in [3.05, 3.63) is 35.6 Å². The Morgan fingerprint density at radius 3 is 2.64 bits per heavy atom. The van der Waals surface area contributed by atoms with Gasteiger partial charge in [0, 0.05) is 69.6 Å². The van der Waals surface area contributed by atoms with E-state index in [1.54, 1.807) is 6.07 Å². The molecule has 33 heavy (non-hydrogen) atoms. The van der Waals surface area contributed by atoms with Crippen LogP contribution in [0.1, 0.15) is 56.9 Å². The molecule has 2 fully saturated rings. The molecule has 4 rings (SSSR count). The molecule has 7 heteroatoms. The molecule has 0 spiro atoms. The predicted octanol–water partition coefficient (Wildman–Crippen LogP) is 4.36. The smallest absolute Gasteiger partial charge is 0.225 e. The molecule has 1 saturated carbocycles. The molecule has 6 nitrogen and oxygen atoms in total. The van der Waals surface area contributed by atoms with E-state index in [-0.39, 0.29) is 23.5 Å². The van der Waals surface area contributed by atoms with Gasteiger partial charge in [-0.25, -0.2) is 9.37 Å². The molecule has 0 radical (unpaired) electrons. The van der Waals surface area contributed by atoms with E-state index in [4.69, 9.17) is 4.98 Å². The van der Waals surface area contributed by atoms with Gasteiger partial charge in [-0.05, 0) is 43.9 Å². The number of hydrogen-bond donors (Lipinski definition) is 0. The van der Waals surface area contributed by atoms with E-state index in [1.165, 1.54) is 18.6 Å². The Bertz CT molecular complexity index is 1000. The van der Waals surface area contributed by atoms with Crippen LogP contribution < -0.4 is 4.90 Å². The summed E-state index contributed by atoms with van der Waals surface area (Å²) >= 11 is 0. The number of carbonyl (C=O) groups is 2. The topological polar surface area (TPSA) is 56.8 Å². The van der Waals surface area contributed by atoms with E-state index >= 15 is 0 Å². The number of amides is 2. The molecule has 0 bridgehead atoms. The highest BCUT2D eigenvalue weighted by atomic mass is 19.1. The van der Waals surface area contributed by atoms with Crippen molar-refractivity contribution in [1.29, 1.82) is 0 Å². The Hall–Kier alpha value is -2.70. The first-order chi connectivity index (χ1) is 15.9. The molecule has 0 N–H and O–H groups in total. The highest BCUT2D eigenvalue weighted by molar-refractivity contribution is 5.83. The number of hydrogen-bond acceptors (Lipinski definition) is 4. The lowest BCUT2D eigenvalue weighted by molar-refractivity contribution is -0.137. The third kappa shape index (κ3) is 5.63. The number of pyridine rings is 1. The number of aromatic nitrogens is 1. The van der Waals surface area contributed by atoms with E-state index in [2.05, 4.69) is 0 Å². The monoisotopic (exact) mass is 454 g/mol. The van der Waals surface area contributed by atoms with Gasteiger partial charge >= 0.3 is 0 Å². The minimum Gasteiger partial charge on any atom is -0.362 e. The molecule has 178 valence electrons. The average molecular weight is 455 g/mol. The van der Waals surface area contributed by atoms with Gasteiger partial charge in [-0.15, -0.1) is 0 Å². The maximum atomic E-state index is 13.8. The molecule has 1 aromatic heterocycles. The van der Waals surface area contributed by atoms with Crippen molar-refractivity contribution in [3.8, 4) is 0 Å². The van der Waals surface area contributed by atoms with E-state index in [0.717, 1.165) is 61.8 Å². The minimum atomic E-state index is -0.307. The van der Waals surface area contributed by atoms with Gasteiger partial charge in [0.15, 0.2) is 0 Å². The summed E-state index contributed by atoms with van der Waals surface area (Å²) in [6.07, 6.45) is 7.67. The standard InChI is InChI=1S/C26H35FN4O2/c1-29(2)25-21(16-20-11-12-22(27)17-23(20)28-25)18-31(26(33)19-8-4-3-5-9-19)15-7-14-30-13-6-10-24(30)32/h11-12,16-17,19H,3-10,13-15,18H2,1-2H3. The van der Waals surface area contributed by atoms with Gasteiger partial charge < -0.3 is 14.7 Å². The Morgan fingerprint density at radius 1 is 1.15 bits per heavy atom. The van der Waals surface area contributed by atoms with Crippen LogP contribution in [-0.2, 0) is 16.1 Å². The van der Waals surface area contributed by atoms with E-state index in [0.29, 0.717) is 31.6 Å². The second-order valence-corrected chi connectivity index (χ2v) is 9.64. The number of rotatable bonds is 8. The zero-order valence-corrected chi connectivity index (χ0v) is 19.9. The van der Waals surface area contributed by atoms with E-state index < -0.39 is 0 Å². The summed E-state index contributed by atoms with van der Waals surface area (Å²) in [6.45, 7) is 2.61. The zero-order chi connectivity index (χ0) is 23.4. The molecule has 2 heterocycles. The Morgan fingerprint density at radius 2 is 1.94 bits per heavy atom. The van der Waals surface area contributed by atoms with Gasteiger partial charge in [-0.2, -0.15) is 0 Å². The first-order valence-electron chi connectivity index (χ1n) is 12.3. The molecular formula is C26H35FN4O2. The Kier molecular flexibility index (Phi) is 7.46. The molecule has 2 aromatic rings. The summed E-state index contributed by atoms with van der Waals surface area (Å²) in [6, 6.07) is 6.67. The third-order valence-electron chi connectivity index (χ3n) is 6.91. The van der Waals surface area contributed by atoms with Crippen molar-refractivity contribution in [2.24, 2.45) is 5.92 Å². The van der Waals surface area contributed by atoms with Crippen LogP contribution in [-0.4, -0.2) is 60.3 Å². The number of anilines is 1. The zero-order valence-electron chi connectivity index (χ0n) is 19.9. The maximum absolute atomic E-state index is 13.8. The van der Waals surface area contributed by atoms with Crippen LogP contribution in [0.3, 0.4) is 0 Å². The maximum Gasteiger partial charge on any atom is 0.225 e. The normalized spacial score (nSPS) is 17.1. The van der Waals surface area contributed by atoms with Crippen LogP contribution in [0.4, 0.5) is 10.2 Å². The molecule has 1 aliphatic heterocycles. The first kappa shape index (κ1) is 23.5. The number of nitrogens with zero attached hydrogens (tertiary/aromatic N) is 4. The molecule has 2 amide bonds. The van der Waals surface area contributed by atoms with Crippen LogP contribution in [0.15, 0.2) is 24.3 Å². The molecular weight excluding hydrogens is 419 g/mol. The summed E-state index contributed by atoms with van der Waals surface area (Å²) < 4.78 is 13.8. The lowest BCUT2D eigenvalue weighted by atomic mass is 9.88. The number of benzene rings is 1. The molecule has 1 aliphatic carbocycles. The van der Waals surface area contributed by atoms with Crippen molar-refractivity contribution < 1.29 is 14.0 Å². The van der Waals surface area contributed by atoms with Gasteiger partial charge in [0.05, 0.1) is 5.52 Å². The van der Waals surface area contributed by atoms with Crippen molar-refractivity contribution in [2.45, 2.75) is 57.9 Å². The Labute approximate surface area is 195 Å². The largest absolute Gasteiger partial charge is 0.362 e. The molecule has 1 saturated heterocycles. The van der Waals surface area contributed by atoms with Gasteiger partial charge in [0.25, 0.3) is 0 Å². The van der Waals surface area contributed by atoms with Crippen molar-refractivity contribution in [2.75, 3.05) is 38.6 Å². The molecule has 1 aromatic carbocycles. The van der Waals surface area contributed by atoms with Crippen LogP contribution in [0.2, 0.25) is 0 Å². The average Bonchev–Trinajstić information content (AvgIpc) is 3.22. The lowest BCUT2D eigenvalue weighted by Gasteiger charge is -2.31. The Balaban J connectivity index is 1.57. The van der Waals surface area contributed by atoms with Crippen molar-refractivity contribution in [3.63, 3.8) is 0 Å². The number of carbonyl (C=O) groups excluding carboxylic acids is 2. The van der Waals surface area contributed by atoms with Gasteiger partial charge in [-0.1, -0.05) is 19.3 Å². The third-order valence-corrected chi connectivity index (χ3v) is 6.91. The fourth-order valence-electron chi connectivity index (χ4n) is 5.15. The van der Waals surface area contributed by atoms with Gasteiger partial charge in [0.2, 0.25) is 11.8 Å². The molecule has 0 unspecified atom stereocenters. The number of fused-ring (bicyclic) bond motifs is 1. The summed E-state index contributed by atoms with van der Waals surface area (Å²) in [4.78, 5) is 36.1. The quantitative estimate of drug-likeness (QED) is 0.595. The summed E-state index contributed by atoms with van der Waals surface area (Å²) in [7, 11) is 3.84. The van der Waals surface area contributed by atoms with E-state index in [1.807, 2.05) is 34.9 Å². The second kappa shape index (κ2) is 10.5. The highest BCUT2D eigenvalue weighted by Gasteiger charge is 2.27. The lowest BCUT2D eigenvalue weighted by Crippen LogP contribution is -2.39. The van der Waals surface area contributed by atoms with Gasteiger partial charge in [0.1, 0.15) is 11.6 Å². The van der Waals surface area contributed by atoms with E-state index in [9.17, 15) is 14.0 Å². The summed E-state index contributed by atoms with van der Waals surface area (Å²) in [5, 5.41) is 0.865. The fraction of sp³-hybridized carbons (Fsp3) is 0.577. The minimum absolute atomic E-state index is 0.0810. The summed E-state index contributed by atoms with van der Waals surface area (Å²) in [5.74, 6) is 0.965. The molecule has 2 aliphatic rings. The second-order valence-electron chi connectivity index (χ2n) is 9.64. The number of likely N-dealkylation sites (tertiary alicyclic amines) is 1.